The van der Waals surface area contributed by atoms with Gasteiger partial charge in [-0.2, -0.15) is 11.8 Å². The second kappa shape index (κ2) is 7.85. The van der Waals surface area contributed by atoms with Crippen LogP contribution >= 0.6 is 23.1 Å². The van der Waals surface area contributed by atoms with Gasteiger partial charge in [-0.1, -0.05) is 6.07 Å². The zero-order chi connectivity index (χ0) is 16.9. The van der Waals surface area contributed by atoms with Crippen LogP contribution in [0.25, 0.3) is 0 Å². The van der Waals surface area contributed by atoms with Crippen LogP contribution in [-0.2, 0) is 4.74 Å². The molecule has 1 aliphatic rings. The zero-order valence-electron chi connectivity index (χ0n) is 13.4. The van der Waals surface area contributed by atoms with Crippen LogP contribution in [0, 0.1) is 0 Å². The van der Waals surface area contributed by atoms with Gasteiger partial charge in [-0.25, -0.2) is 4.79 Å². The summed E-state index contributed by atoms with van der Waals surface area (Å²) in [6, 6.07) is 10.9. The SMILES string of the molecule is COC(=O)c1ccc(C(=O)N2CCS[C@@H](c3cccs3)CC2)cc1. The van der Waals surface area contributed by atoms with Crippen LogP contribution in [0.3, 0.4) is 0 Å². The molecule has 1 saturated heterocycles. The van der Waals surface area contributed by atoms with Crippen LogP contribution in [0.15, 0.2) is 41.8 Å². The number of thiophene rings is 1. The average Bonchev–Trinajstić information content (AvgIpc) is 3.05. The van der Waals surface area contributed by atoms with E-state index in [1.54, 1.807) is 35.6 Å². The molecule has 1 amide bonds. The van der Waals surface area contributed by atoms with Crippen molar-refractivity contribution in [3.8, 4) is 0 Å². The van der Waals surface area contributed by atoms with Crippen LogP contribution in [0.4, 0.5) is 0 Å². The molecule has 1 atom stereocenters. The highest BCUT2D eigenvalue weighted by molar-refractivity contribution is 7.99. The third kappa shape index (κ3) is 3.82. The number of nitrogens with zero attached hydrogens (tertiary/aromatic N) is 1. The van der Waals surface area contributed by atoms with Gasteiger partial charge in [0.2, 0.25) is 0 Å². The predicted molar refractivity (Wildman–Crippen MR) is 97.8 cm³/mol. The number of ether oxygens (including phenoxy) is 1. The standard InChI is InChI=1S/C18H19NO3S2/c1-22-18(21)14-6-4-13(5-7-14)17(20)19-9-8-16(24-12-10-19)15-3-2-11-23-15/h2-7,11,16H,8-10,12H2,1H3/t16-/m1/s1. The molecule has 0 aliphatic carbocycles. The first-order chi connectivity index (χ1) is 11.7. The van der Waals surface area contributed by atoms with Crippen molar-refractivity contribution < 1.29 is 14.3 Å². The quantitative estimate of drug-likeness (QED) is 0.779. The Morgan fingerprint density at radius 1 is 1.12 bits per heavy atom. The third-order valence-corrected chi connectivity index (χ3v) is 6.49. The van der Waals surface area contributed by atoms with Crippen LogP contribution in [0.5, 0.6) is 0 Å². The lowest BCUT2D eigenvalue weighted by molar-refractivity contribution is 0.0599. The number of esters is 1. The van der Waals surface area contributed by atoms with Crippen LogP contribution in [0.2, 0.25) is 0 Å². The molecule has 1 aromatic heterocycles. The molecule has 4 nitrogen and oxygen atoms in total. The Hall–Kier alpha value is -1.79. The molecule has 0 saturated carbocycles. The van der Waals surface area contributed by atoms with E-state index in [1.165, 1.54) is 12.0 Å². The van der Waals surface area contributed by atoms with Crippen LogP contribution < -0.4 is 0 Å². The van der Waals surface area contributed by atoms with E-state index in [2.05, 4.69) is 22.2 Å². The van der Waals surface area contributed by atoms with Gasteiger partial charge < -0.3 is 9.64 Å². The minimum Gasteiger partial charge on any atom is -0.465 e. The Balaban J connectivity index is 1.65. The molecule has 1 aromatic carbocycles. The van der Waals surface area contributed by atoms with Gasteiger partial charge in [0.15, 0.2) is 0 Å². The second-order valence-electron chi connectivity index (χ2n) is 5.52. The summed E-state index contributed by atoms with van der Waals surface area (Å²) in [4.78, 5) is 27.5. The topological polar surface area (TPSA) is 46.6 Å². The molecule has 24 heavy (non-hydrogen) atoms. The fourth-order valence-electron chi connectivity index (χ4n) is 2.72. The van der Waals surface area contributed by atoms with E-state index < -0.39 is 0 Å². The Kier molecular flexibility index (Phi) is 5.58. The minimum atomic E-state index is -0.390. The number of methoxy groups -OCH3 is 1. The molecule has 0 spiro atoms. The average molecular weight is 361 g/mol. The highest BCUT2D eigenvalue weighted by Gasteiger charge is 2.23. The van der Waals surface area contributed by atoms with Gasteiger partial charge >= 0.3 is 5.97 Å². The Labute approximate surface area is 149 Å². The van der Waals surface area contributed by atoms with E-state index in [-0.39, 0.29) is 11.9 Å². The molecular formula is C18H19NO3S2. The summed E-state index contributed by atoms with van der Waals surface area (Å²) in [6.07, 6.45) is 0.969. The lowest BCUT2D eigenvalue weighted by atomic mass is 10.1. The van der Waals surface area contributed by atoms with Crippen LogP contribution in [0.1, 0.15) is 37.3 Å². The highest BCUT2D eigenvalue weighted by Crippen LogP contribution is 2.36. The first-order valence-corrected chi connectivity index (χ1v) is 9.74. The van der Waals surface area contributed by atoms with E-state index in [0.29, 0.717) is 16.4 Å². The first kappa shape index (κ1) is 17.0. The summed E-state index contributed by atoms with van der Waals surface area (Å²) in [7, 11) is 1.35. The van der Waals surface area contributed by atoms with Crippen molar-refractivity contribution in [3.05, 3.63) is 57.8 Å². The molecule has 2 aromatic rings. The molecule has 2 heterocycles. The van der Waals surface area contributed by atoms with Gasteiger partial charge in [-0.05, 0) is 42.1 Å². The number of hydrogen-bond donors (Lipinski definition) is 0. The van der Waals surface area contributed by atoms with E-state index >= 15 is 0 Å². The van der Waals surface area contributed by atoms with Crippen molar-refractivity contribution in [1.82, 2.24) is 4.90 Å². The summed E-state index contributed by atoms with van der Waals surface area (Å²) in [6.45, 7) is 1.51. The largest absolute Gasteiger partial charge is 0.465 e. The van der Waals surface area contributed by atoms with Crippen molar-refractivity contribution in [2.45, 2.75) is 11.7 Å². The first-order valence-electron chi connectivity index (χ1n) is 7.81. The molecule has 3 rings (SSSR count). The summed E-state index contributed by atoms with van der Waals surface area (Å²) >= 11 is 3.71. The Morgan fingerprint density at radius 3 is 2.54 bits per heavy atom. The fourth-order valence-corrected chi connectivity index (χ4v) is 4.96. The number of thioether (sulfide) groups is 1. The molecule has 0 unspecified atom stereocenters. The number of hydrogen-bond acceptors (Lipinski definition) is 5. The van der Waals surface area contributed by atoms with Crippen molar-refractivity contribution in [2.75, 3.05) is 26.0 Å². The number of rotatable bonds is 3. The van der Waals surface area contributed by atoms with Crippen molar-refractivity contribution in [1.29, 1.82) is 0 Å². The number of amides is 1. The molecule has 6 heteroatoms. The van der Waals surface area contributed by atoms with E-state index in [9.17, 15) is 9.59 Å². The number of benzene rings is 1. The zero-order valence-corrected chi connectivity index (χ0v) is 15.1. The monoisotopic (exact) mass is 361 g/mol. The third-order valence-electron chi connectivity index (χ3n) is 4.04. The maximum Gasteiger partial charge on any atom is 0.337 e. The summed E-state index contributed by atoms with van der Waals surface area (Å²) in [5.41, 5.74) is 1.07. The lowest BCUT2D eigenvalue weighted by Crippen LogP contribution is -2.33. The molecule has 0 radical (unpaired) electrons. The Morgan fingerprint density at radius 2 is 1.88 bits per heavy atom. The highest BCUT2D eigenvalue weighted by atomic mass is 32.2. The van der Waals surface area contributed by atoms with Crippen molar-refractivity contribution >= 4 is 35.0 Å². The van der Waals surface area contributed by atoms with Crippen molar-refractivity contribution in [3.63, 3.8) is 0 Å². The van der Waals surface area contributed by atoms with E-state index in [4.69, 9.17) is 0 Å². The number of carbonyl (C=O) groups excluding carboxylic acids is 2. The lowest BCUT2D eigenvalue weighted by Gasteiger charge is -2.20. The maximum atomic E-state index is 12.7. The minimum absolute atomic E-state index is 0.0267. The van der Waals surface area contributed by atoms with Gasteiger partial charge in [0.05, 0.1) is 12.7 Å². The summed E-state index contributed by atoms with van der Waals surface area (Å²) < 4.78 is 4.68. The normalized spacial score (nSPS) is 18.0. The van der Waals surface area contributed by atoms with Gasteiger partial charge in [0, 0.05) is 34.5 Å². The van der Waals surface area contributed by atoms with Gasteiger partial charge in [-0.3, -0.25) is 4.79 Å². The van der Waals surface area contributed by atoms with Crippen molar-refractivity contribution in [2.24, 2.45) is 0 Å². The molecule has 0 bridgehead atoms. The van der Waals surface area contributed by atoms with Gasteiger partial charge in [0.25, 0.3) is 5.91 Å². The summed E-state index contributed by atoms with van der Waals surface area (Å²) in [5, 5.41) is 2.58. The molecule has 1 fully saturated rings. The molecule has 1 aliphatic heterocycles. The summed E-state index contributed by atoms with van der Waals surface area (Å²) in [5.74, 6) is 0.576. The van der Waals surface area contributed by atoms with Crippen LogP contribution in [-0.4, -0.2) is 42.7 Å². The second-order valence-corrected chi connectivity index (χ2v) is 7.81. The van der Waals surface area contributed by atoms with Gasteiger partial charge in [0.1, 0.15) is 0 Å². The predicted octanol–water partition coefficient (Wildman–Crippen LogP) is 3.86. The van der Waals surface area contributed by atoms with E-state index in [1.807, 2.05) is 16.7 Å². The molecule has 126 valence electrons. The molecule has 0 N–H and O–H groups in total. The maximum absolute atomic E-state index is 12.7. The fraction of sp³-hybridized carbons (Fsp3) is 0.333. The Bertz CT molecular complexity index is 698. The number of carbonyl (C=O) groups is 2. The van der Waals surface area contributed by atoms with E-state index in [0.717, 1.165) is 25.3 Å². The molecular weight excluding hydrogens is 342 g/mol. The van der Waals surface area contributed by atoms with Gasteiger partial charge in [-0.15, -0.1) is 11.3 Å². The smallest absolute Gasteiger partial charge is 0.337 e.